The second-order valence-corrected chi connectivity index (χ2v) is 4.23. The molecule has 0 aliphatic heterocycles. The van der Waals surface area contributed by atoms with Gasteiger partial charge in [0, 0.05) is 18.4 Å². The van der Waals surface area contributed by atoms with Crippen LogP contribution in [0.5, 0.6) is 5.75 Å². The molecule has 0 unspecified atom stereocenters. The van der Waals surface area contributed by atoms with Crippen molar-refractivity contribution < 1.29 is 9.15 Å². The summed E-state index contributed by atoms with van der Waals surface area (Å²) in [7, 11) is 0. The highest BCUT2D eigenvalue weighted by atomic mass is 16.5. The maximum absolute atomic E-state index is 5.79. The van der Waals surface area contributed by atoms with Crippen LogP contribution >= 0.6 is 0 Å². The van der Waals surface area contributed by atoms with Crippen LogP contribution in [0.25, 0.3) is 11.3 Å². The maximum Gasteiger partial charge on any atom is 0.194 e. The van der Waals surface area contributed by atoms with E-state index in [-0.39, 0.29) is 0 Å². The number of aromatic nitrogens is 1. The molecular formula is C15H20N2O2. The number of hydrogen-bond donors (Lipinski definition) is 1. The van der Waals surface area contributed by atoms with E-state index in [2.05, 4.69) is 4.98 Å². The molecule has 19 heavy (non-hydrogen) atoms. The standard InChI is InChI=1S/C15H20N2O2/c1-3-14-17-13(9-10-16)15(19-14)11-5-7-12(8-6-11)18-4-2/h5-8H,3-4,9-10,16H2,1-2H3. The summed E-state index contributed by atoms with van der Waals surface area (Å²) in [4.78, 5) is 4.48. The normalized spacial score (nSPS) is 10.7. The average molecular weight is 260 g/mol. The summed E-state index contributed by atoms with van der Waals surface area (Å²) < 4.78 is 11.2. The van der Waals surface area contributed by atoms with Crippen molar-refractivity contribution in [3.05, 3.63) is 35.9 Å². The third-order valence-electron chi connectivity index (χ3n) is 2.85. The molecule has 0 radical (unpaired) electrons. The highest BCUT2D eigenvalue weighted by molar-refractivity contribution is 5.61. The minimum absolute atomic E-state index is 0.569. The molecule has 0 saturated carbocycles. The van der Waals surface area contributed by atoms with E-state index in [0.29, 0.717) is 13.2 Å². The highest BCUT2D eigenvalue weighted by Gasteiger charge is 2.13. The molecule has 1 aromatic carbocycles. The molecule has 0 aliphatic carbocycles. The van der Waals surface area contributed by atoms with Gasteiger partial charge in [0.1, 0.15) is 5.75 Å². The number of nitrogens with zero attached hydrogens (tertiary/aromatic N) is 1. The van der Waals surface area contributed by atoms with Gasteiger partial charge < -0.3 is 14.9 Å². The molecule has 1 aromatic heterocycles. The Labute approximate surface area is 113 Å². The number of aryl methyl sites for hydroxylation is 1. The van der Waals surface area contributed by atoms with Gasteiger partial charge in [-0.15, -0.1) is 0 Å². The summed E-state index contributed by atoms with van der Waals surface area (Å²) in [6.45, 7) is 5.23. The minimum atomic E-state index is 0.569. The van der Waals surface area contributed by atoms with Crippen LogP contribution in [0.4, 0.5) is 0 Å². The topological polar surface area (TPSA) is 61.3 Å². The van der Waals surface area contributed by atoms with Gasteiger partial charge in [-0.2, -0.15) is 0 Å². The van der Waals surface area contributed by atoms with E-state index in [4.69, 9.17) is 14.9 Å². The van der Waals surface area contributed by atoms with Crippen LogP contribution in [0.2, 0.25) is 0 Å². The Balaban J connectivity index is 2.31. The van der Waals surface area contributed by atoms with Gasteiger partial charge in [-0.3, -0.25) is 0 Å². The lowest BCUT2D eigenvalue weighted by Crippen LogP contribution is -2.04. The molecule has 4 heteroatoms. The van der Waals surface area contributed by atoms with Gasteiger partial charge in [0.15, 0.2) is 11.7 Å². The van der Waals surface area contributed by atoms with E-state index in [9.17, 15) is 0 Å². The summed E-state index contributed by atoms with van der Waals surface area (Å²) in [5.74, 6) is 2.44. The van der Waals surface area contributed by atoms with Crippen molar-refractivity contribution in [1.82, 2.24) is 4.98 Å². The average Bonchev–Trinajstić information content (AvgIpc) is 2.84. The second kappa shape index (κ2) is 6.38. The molecule has 2 rings (SSSR count). The van der Waals surface area contributed by atoms with E-state index in [1.54, 1.807) is 0 Å². The monoisotopic (exact) mass is 260 g/mol. The molecule has 0 spiro atoms. The minimum Gasteiger partial charge on any atom is -0.494 e. The second-order valence-electron chi connectivity index (χ2n) is 4.23. The van der Waals surface area contributed by atoms with Gasteiger partial charge in [-0.25, -0.2) is 4.98 Å². The molecule has 0 amide bonds. The van der Waals surface area contributed by atoms with Crippen molar-refractivity contribution in [3.8, 4) is 17.1 Å². The number of hydrogen-bond acceptors (Lipinski definition) is 4. The van der Waals surface area contributed by atoms with Crippen molar-refractivity contribution in [2.75, 3.05) is 13.2 Å². The van der Waals surface area contributed by atoms with Crippen molar-refractivity contribution in [2.24, 2.45) is 5.73 Å². The molecule has 102 valence electrons. The van der Waals surface area contributed by atoms with Gasteiger partial charge in [0.05, 0.1) is 12.3 Å². The first kappa shape index (κ1) is 13.6. The van der Waals surface area contributed by atoms with Crippen molar-refractivity contribution in [2.45, 2.75) is 26.7 Å². The summed E-state index contributed by atoms with van der Waals surface area (Å²) in [5.41, 5.74) is 7.57. The Bertz CT molecular complexity index is 517. The molecule has 0 fully saturated rings. The molecule has 0 atom stereocenters. The zero-order chi connectivity index (χ0) is 13.7. The lowest BCUT2D eigenvalue weighted by atomic mass is 10.1. The molecule has 4 nitrogen and oxygen atoms in total. The molecule has 0 aliphatic rings. The Morgan fingerprint density at radius 3 is 2.53 bits per heavy atom. The van der Waals surface area contributed by atoms with Gasteiger partial charge >= 0.3 is 0 Å². The van der Waals surface area contributed by atoms with Gasteiger partial charge in [-0.05, 0) is 37.7 Å². The Morgan fingerprint density at radius 2 is 1.95 bits per heavy atom. The van der Waals surface area contributed by atoms with E-state index in [1.165, 1.54) is 0 Å². The summed E-state index contributed by atoms with van der Waals surface area (Å²) in [5, 5.41) is 0. The number of benzene rings is 1. The van der Waals surface area contributed by atoms with Crippen LogP contribution in [0.1, 0.15) is 25.4 Å². The first-order valence-corrected chi connectivity index (χ1v) is 6.70. The SMILES string of the molecule is CCOc1ccc(-c2oc(CC)nc2CCN)cc1. The summed E-state index contributed by atoms with van der Waals surface area (Å²) in [6, 6.07) is 7.87. The van der Waals surface area contributed by atoms with Gasteiger partial charge in [0.25, 0.3) is 0 Å². The third-order valence-corrected chi connectivity index (χ3v) is 2.85. The molecule has 0 saturated heterocycles. The predicted octanol–water partition coefficient (Wildman–Crippen LogP) is 2.80. The maximum atomic E-state index is 5.79. The fourth-order valence-electron chi connectivity index (χ4n) is 1.95. The fourth-order valence-corrected chi connectivity index (χ4v) is 1.95. The third kappa shape index (κ3) is 3.15. The van der Waals surface area contributed by atoms with Crippen LogP contribution in [0.3, 0.4) is 0 Å². The van der Waals surface area contributed by atoms with Crippen LogP contribution in [0.15, 0.2) is 28.7 Å². The van der Waals surface area contributed by atoms with E-state index < -0.39 is 0 Å². The number of nitrogens with two attached hydrogens (primary N) is 1. The largest absolute Gasteiger partial charge is 0.494 e. The number of rotatable bonds is 6. The van der Waals surface area contributed by atoms with Crippen LogP contribution in [-0.4, -0.2) is 18.1 Å². The van der Waals surface area contributed by atoms with E-state index in [0.717, 1.165) is 41.5 Å². The Kier molecular flexibility index (Phi) is 4.58. The zero-order valence-corrected chi connectivity index (χ0v) is 11.5. The smallest absolute Gasteiger partial charge is 0.194 e. The lowest BCUT2D eigenvalue weighted by Gasteiger charge is -2.04. The van der Waals surface area contributed by atoms with Gasteiger partial charge in [-0.1, -0.05) is 6.92 Å². The first-order valence-electron chi connectivity index (χ1n) is 6.70. The molecule has 2 aromatic rings. The first-order chi connectivity index (χ1) is 9.28. The molecule has 2 N–H and O–H groups in total. The van der Waals surface area contributed by atoms with Crippen LogP contribution in [-0.2, 0) is 12.8 Å². The zero-order valence-electron chi connectivity index (χ0n) is 11.5. The predicted molar refractivity (Wildman–Crippen MR) is 75.2 cm³/mol. The Morgan fingerprint density at radius 1 is 1.21 bits per heavy atom. The quantitative estimate of drug-likeness (QED) is 0.867. The van der Waals surface area contributed by atoms with E-state index >= 15 is 0 Å². The highest BCUT2D eigenvalue weighted by Crippen LogP contribution is 2.27. The Hall–Kier alpha value is -1.81. The van der Waals surface area contributed by atoms with E-state index in [1.807, 2.05) is 38.1 Å². The van der Waals surface area contributed by atoms with Crippen molar-refractivity contribution in [1.29, 1.82) is 0 Å². The van der Waals surface area contributed by atoms with Gasteiger partial charge in [0.2, 0.25) is 0 Å². The number of oxazole rings is 1. The lowest BCUT2D eigenvalue weighted by molar-refractivity contribution is 0.340. The van der Waals surface area contributed by atoms with Crippen molar-refractivity contribution >= 4 is 0 Å². The van der Waals surface area contributed by atoms with Crippen molar-refractivity contribution in [3.63, 3.8) is 0 Å². The fraction of sp³-hybridized carbons (Fsp3) is 0.400. The molecular weight excluding hydrogens is 240 g/mol. The van der Waals surface area contributed by atoms with Crippen LogP contribution in [0, 0.1) is 0 Å². The summed E-state index contributed by atoms with van der Waals surface area (Å²) in [6.07, 6.45) is 1.51. The van der Waals surface area contributed by atoms with Crippen LogP contribution < -0.4 is 10.5 Å². The summed E-state index contributed by atoms with van der Waals surface area (Å²) >= 11 is 0. The number of ether oxygens (including phenoxy) is 1. The molecule has 0 bridgehead atoms. The molecule has 1 heterocycles.